The van der Waals surface area contributed by atoms with E-state index in [2.05, 4.69) is 28.2 Å². The number of hydrogen-bond donors (Lipinski definition) is 0. The highest BCUT2D eigenvalue weighted by molar-refractivity contribution is 5.99. The number of aryl methyl sites for hydroxylation is 1. The van der Waals surface area contributed by atoms with Gasteiger partial charge >= 0.3 is 0 Å². The fourth-order valence-electron chi connectivity index (χ4n) is 3.93. The van der Waals surface area contributed by atoms with Gasteiger partial charge < -0.3 is 9.47 Å². The third kappa shape index (κ3) is 4.14. The Labute approximate surface area is 161 Å². The van der Waals surface area contributed by atoms with Crippen LogP contribution in [0, 0.1) is 13.8 Å². The van der Waals surface area contributed by atoms with Gasteiger partial charge in [0.15, 0.2) is 11.6 Å². The molecule has 0 bridgehead atoms. The van der Waals surface area contributed by atoms with E-state index in [0.29, 0.717) is 6.54 Å². The van der Waals surface area contributed by atoms with Crippen LogP contribution in [0.3, 0.4) is 0 Å². The first-order chi connectivity index (χ1) is 12.9. The highest BCUT2D eigenvalue weighted by Crippen LogP contribution is 2.19. The summed E-state index contributed by atoms with van der Waals surface area (Å²) in [5, 5.41) is 0. The molecule has 0 unspecified atom stereocenters. The first-order valence-electron chi connectivity index (χ1n) is 9.69. The smallest absolute Gasteiger partial charge is 0.178 e. The topological polar surface area (TPSA) is 45.6 Å². The molecule has 0 atom stereocenters. The van der Waals surface area contributed by atoms with Crippen molar-refractivity contribution in [3.8, 4) is 0 Å². The summed E-state index contributed by atoms with van der Waals surface area (Å²) in [6.45, 7) is 12.7. The zero-order chi connectivity index (χ0) is 19.6. The molecule has 2 heterocycles. The lowest BCUT2D eigenvalue weighted by Gasteiger charge is -2.35. The maximum absolute atomic E-state index is 12.8. The van der Waals surface area contributed by atoms with Crippen molar-refractivity contribution in [1.82, 2.24) is 9.47 Å². The van der Waals surface area contributed by atoms with Gasteiger partial charge in [0, 0.05) is 60.9 Å². The van der Waals surface area contributed by atoms with E-state index >= 15 is 0 Å². The molecule has 0 spiro atoms. The van der Waals surface area contributed by atoms with Crippen molar-refractivity contribution in [3.05, 3.63) is 52.8 Å². The molecule has 1 aliphatic heterocycles. The van der Waals surface area contributed by atoms with Gasteiger partial charge in [0.25, 0.3) is 0 Å². The summed E-state index contributed by atoms with van der Waals surface area (Å²) in [6, 6.07) is 9.82. The predicted molar refractivity (Wildman–Crippen MR) is 109 cm³/mol. The minimum absolute atomic E-state index is 0.0901. The average Bonchev–Trinajstić information content (AvgIpc) is 2.96. The molecular formula is C22H29N3O2. The SMILES string of the molecule is CCn1c(C)cc(C(=O)CN2CCN(c3ccc(C(C)=O)cc3)CC2)c1C. The van der Waals surface area contributed by atoms with Crippen LogP contribution >= 0.6 is 0 Å². The van der Waals surface area contributed by atoms with Crippen molar-refractivity contribution in [2.75, 3.05) is 37.6 Å². The molecule has 3 rings (SSSR count). The fraction of sp³-hybridized carbons (Fsp3) is 0.455. The number of benzene rings is 1. The number of hydrogen-bond acceptors (Lipinski definition) is 4. The van der Waals surface area contributed by atoms with E-state index in [1.54, 1.807) is 6.92 Å². The van der Waals surface area contributed by atoms with Crippen LogP contribution in [0.1, 0.15) is 46.0 Å². The minimum Gasteiger partial charge on any atom is -0.369 e. The molecule has 5 nitrogen and oxygen atoms in total. The van der Waals surface area contributed by atoms with Crippen LogP contribution < -0.4 is 4.90 Å². The predicted octanol–water partition coefficient (Wildman–Crippen LogP) is 3.33. The molecule has 1 aromatic carbocycles. The number of carbonyl (C=O) groups is 2. The first-order valence-corrected chi connectivity index (χ1v) is 9.69. The van der Waals surface area contributed by atoms with Crippen molar-refractivity contribution in [2.24, 2.45) is 0 Å². The molecule has 27 heavy (non-hydrogen) atoms. The van der Waals surface area contributed by atoms with E-state index in [1.807, 2.05) is 37.3 Å². The van der Waals surface area contributed by atoms with E-state index in [1.165, 1.54) is 0 Å². The number of Topliss-reactive ketones (excluding diaryl/α,β-unsaturated/α-hetero) is 2. The Hall–Kier alpha value is -2.40. The molecule has 0 N–H and O–H groups in total. The van der Waals surface area contributed by atoms with Crippen LogP contribution in [0.5, 0.6) is 0 Å². The van der Waals surface area contributed by atoms with Crippen LogP contribution in [0.25, 0.3) is 0 Å². The van der Waals surface area contributed by atoms with E-state index in [4.69, 9.17) is 0 Å². The van der Waals surface area contributed by atoms with Gasteiger partial charge in [0.1, 0.15) is 0 Å². The zero-order valence-corrected chi connectivity index (χ0v) is 16.8. The largest absolute Gasteiger partial charge is 0.369 e. The number of aromatic nitrogens is 1. The average molecular weight is 367 g/mol. The zero-order valence-electron chi connectivity index (χ0n) is 16.8. The molecule has 1 aromatic heterocycles. The number of ketones is 2. The van der Waals surface area contributed by atoms with E-state index < -0.39 is 0 Å². The van der Waals surface area contributed by atoms with Crippen LogP contribution in [0.15, 0.2) is 30.3 Å². The van der Waals surface area contributed by atoms with Crippen molar-refractivity contribution < 1.29 is 9.59 Å². The van der Waals surface area contributed by atoms with Gasteiger partial charge in [-0.3, -0.25) is 14.5 Å². The summed E-state index contributed by atoms with van der Waals surface area (Å²) in [7, 11) is 0. The minimum atomic E-state index is 0.0901. The Morgan fingerprint density at radius 3 is 2.15 bits per heavy atom. The molecule has 2 aromatic rings. The summed E-state index contributed by atoms with van der Waals surface area (Å²) in [4.78, 5) is 28.7. The monoisotopic (exact) mass is 367 g/mol. The molecule has 0 aliphatic carbocycles. The van der Waals surface area contributed by atoms with Crippen LogP contribution in [0.2, 0.25) is 0 Å². The van der Waals surface area contributed by atoms with Crippen molar-refractivity contribution in [1.29, 1.82) is 0 Å². The quantitative estimate of drug-likeness (QED) is 0.735. The number of carbonyl (C=O) groups excluding carboxylic acids is 2. The van der Waals surface area contributed by atoms with Gasteiger partial charge in [-0.05, 0) is 58.0 Å². The Kier molecular flexibility index (Phi) is 5.80. The number of piperazine rings is 1. The van der Waals surface area contributed by atoms with Crippen LogP contribution in [-0.4, -0.2) is 53.8 Å². The van der Waals surface area contributed by atoms with Crippen LogP contribution in [0.4, 0.5) is 5.69 Å². The standard InChI is InChI=1S/C22H29N3O2/c1-5-25-16(2)14-21(17(25)3)22(27)15-23-10-12-24(13-11-23)20-8-6-19(7-9-20)18(4)26/h6-9,14H,5,10-13,15H2,1-4H3. The Morgan fingerprint density at radius 1 is 1.00 bits per heavy atom. The lowest BCUT2D eigenvalue weighted by atomic mass is 10.1. The molecule has 0 radical (unpaired) electrons. The molecule has 5 heteroatoms. The van der Waals surface area contributed by atoms with Crippen molar-refractivity contribution >= 4 is 17.3 Å². The third-order valence-corrected chi connectivity index (χ3v) is 5.57. The highest BCUT2D eigenvalue weighted by Gasteiger charge is 2.22. The normalized spacial score (nSPS) is 15.2. The molecule has 0 amide bonds. The number of anilines is 1. The maximum atomic E-state index is 12.8. The van der Waals surface area contributed by atoms with Crippen molar-refractivity contribution in [3.63, 3.8) is 0 Å². The lowest BCUT2D eigenvalue weighted by Crippen LogP contribution is -2.48. The van der Waals surface area contributed by atoms with E-state index in [0.717, 1.165) is 60.9 Å². The second kappa shape index (κ2) is 8.09. The second-order valence-corrected chi connectivity index (χ2v) is 7.32. The van der Waals surface area contributed by atoms with Gasteiger partial charge in [-0.25, -0.2) is 0 Å². The maximum Gasteiger partial charge on any atom is 0.178 e. The van der Waals surface area contributed by atoms with Crippen molar-refractivity contribution in [2.45, 2.75) is 34.2 Å². The van der Waals surface area contributed by atoms with Gasteiger partial charge in [0.2, 0.25) is 0 Å². The second-order valence-electron chi connectivity index (χ2n) is 7.32. The first kappa shape index (κ1) is 19.4. The van der Waals surface area contributed by atoms with Gasteiger partial charge in [-0.2, -0.15) is 0 Å². The third-order valence-electron chi connectivity index (χ3n) is 5.57. The number of rotatable bonds is 6. The fourth-order valence-corrected chi connectivity index (χ4v) is 3.93. The summed E-state index contributed by atoms with van der Waals surface area (Å²) in [6.07, 6.45) is 0. The molecule has 1 aliphatic rings. The summed E-state index contributed by atoms with van der Waals surface area (Å²) < 4.78 is 2.19. The Balaban J connectivity index is 1.58. The Morgan fingerprint density at radius 2 is 1.63 bits per heavy atom. The van der Waals surface area contributed by atoms with E-state index in [9.17, 15) is 9.59 Å². The molecule has 1 fully saturated rings. The lowest BCUT2D eigenvalue weighted by molar-refractivity contribution is 0.0925. The summed E-state index contributed by atoms with van der Waals surface area (Å²) >= 11 is 0. The molecule has 144 valence electrons. The van der Waals surface area contributed by atoms with E-state index in [-0.39, 0.29) is 11.6 Å². The highest BCUT2D eigenvalue weighted by atomic mass is 16.1. The van der Waals surface area contributed by atoms with Gasteiger partial charge in [-0.1, -0.05) is 0 Å². The van der Waals surface area contributed by atoms with Crippen LogP contribution in [-0.2, 0) is 6.54 Å². The molecule has 1 saturated heterocycles. The van der Waals surface area contributed by atoms with Gasteiger partial charge in [0.05, 0.1) is 6.54 Å². The Bertz CT molecular complexity index is 828. The summed E-state index contributed by atoms with van der Waals surface area (Å²) in [5.41, 5.74) is 4.96. The molecule has 0 saturated carbocycles. The van der Waals surface area contributed by atoms with Gasteiger partial charge in [-0.15, -0.1) is 0 Å². The summed E-state index contributed by atoms with van der Waals surface area (Å²) in [5.74, 6) is 0.300. The molecular weight excluding hydrogens is 338 g/mol. The number of nitrogens with zero attached hydrogens (tertiary/aromatic N) is 3.